The van der Waals surface area contributed by atoms with Crippen molar-refractivity contribution in [2.45, 2.75) is 0 Å². The molecule has 158 valence electrons. The second-order valence-corrected chi connectivity index (χ2v) is 6.75. The van der Waals surface area contributed by atoms with E-state index in [1.807, 2.05) is 78.9 Å². The molecule has 5 rings (SSSR count). The van der Waals surface area contributed by atoms with E-state index in [1.54, 1.807) is 7.11 Å². The van der Waals surface area contributed by atoms with Crippen LogP contribution in [-0.2, 0) is 0 Å². The standard InChI is InChI=1S/C23H18N6O3/c1-30-17-11-7-15(8-12-17)24-20-21(27-23-22(26-20)28-32-29-23)25-16-9-13-19(14-10-16)31-18-5-3-2-4-6-18/h2-14H,1H3,(H,24,26,28)(H,25,27,29). The molecule has 0 spiro atoms. The Kier molecular flexibility index (Phi) is 5.19. The first-order valence-corrected chi connectivity index (χ1v) is 9.78. The molecule has 0 bridgehead atoms. The molecular weight excluding hydrogens is 408 g/mol. The Balaban J connectivity index is 1.39. The zero-order valence-corrected chi connectivity index (χ0v) is 17.0. The zero-order chi connectivity index (χ0) is 21.8. The summed E-state index contributed by atoms with van der Waals surface area (Å²) < 4.78 is 15.8. The molecule has 0 fully saturated rings. The van der Waals surface area contributed by atoms with Gasteiger partial charge in [-0.15, -0.1) is 0 Å². The Morgan fingerprint density at radius 3 is 1.66 bits per heavy atom. The van der Waals surface area contributed by atoms with E-state index in [0.717, 1.165) is 28.6 Å². The van der Waals surface area contributed by atoms with E-state index < -0.39 is 0 Å². The Morgan fingerprint density at radius 2 is 1.12 bits per heavy atom. The van der Waals surface area contributed by atoms with E-state index in [0.29, 0.717) is 22.9 Å². The summed E-state index contributed by atoms with van der Waals surface area (Å²) in [6, 6.07) is 24.6. The number of nitrogens with zero attached hydrogens (tertiary/aromatic N) is 4. The molecule has 32 heavy (non-hydrogen) atoms. The molecule has 0 saturated carbocycles. The van der Waals surface area contributed by atoms with E-state index in [-0.39, 0.29) is 0 Å². The van der Waals surface area contributed by atoms with Gasteiger partial charge in [-0.05, 0) is 71.0 Å². The third kappa shape index (κ3) is 4.26. The second kappa shape index (κ2) is 8.60. The van der Waals surface area contributed by atoms with Crippen molar-refractivity contribution in [3.8, 4) is 17.2 Å². The SMILES string of the molecule is COc1ccc(Nc2nc3nonc3nc2Nc2ccc(Oc3ccccc3)cc2)cc1. The van der Waals surface area contributed by atoms with Crippen molar-refractivity contribution in [3.05, 3.63) is 78.9 Å². The lowest BCUT2D eigenvalue weighted by Crippen LogP contribution is -2.03. The quantitative estimate of drug-likeness (QED) is 0.358. The van der Waals surface area contributed by atoms with Gasteiger partial charge in [-0.1, -0.05) is 18.2 Å². The van der Waals surface area contributed by atoms with Gasteiger partial charge in [0.25, 0.3) is 0 Å². The number of hydrogen-bond donors (Lipinski definition) is 2. The van der Waals surface area contributed by atoms with Gasteiger partial charge in [-0.2, -0.15) is 0 Å². The van der Waals surface area contributed by atoms with Gasteiger partial charge in [-0.25, -0.2) is 14.6 Å². The smallest absolute Gasteiger partial charge is 0.245 e. The molecule has 5 aromatic rings. The third-order valence-corrected chi connectivity index (χ3v) is 4.56. The summed E-state index contributed by atoms with van der Waals surface area (Å²) in [5, 5.41) is 14.1. The number of anilines is 4. The largest absolute Gasteiger partial charge is 0.497 e. The van der Waals surface area contributed by atoms with Crippen LogP contribution in [0.2, 0.25) is 0 Å². The van der Waals surface area contributed by atoms with Crippen molar-refractivity contribution < 1.29 is 14.1 Å². The molecule has 3 aromatic carbocycles. The van der Waals surface area contributed by atoms with Crippen LogP contribution in [0.5, 0.6) is 17.2 Å². The number of nitrogens with one attached hydrogen (secondary N) is 2. The maximum atomic E-state index is 5.84. The summed E-state index contributed by atoms with van der Waals surface area (Å²) >= 11 is 0. The minimum atomic E-state index is 0.303. The number of fused-ring (bicyclic) bond motifs is 1. The Morgan fingerprint density at radius 1 is 0.625 bits per heavy atom. The number of methoxy groups -OCH3 is 1. The molecule has 0 aliphatic heterocycles. The average Bonchev–Trinajstić information content (AvgIpc) is 3.29. The second-order valence-electron chi connectivity index (χ2n) is 6.75. The molecule has 0 amide bonds. The van der Waals surface area contributed by atoms with Crippen LogP contribution in [0, 0.1) is 0 Å². The van der Waals surface area contributed by atoms with Crippen molar-refractivity contribution in [3.63, 3.8) is 0 Å². The molecule has 2 N–H and O–H groups in total. The summed E-state index contributed by atoms with van der Waals surface area (Å²) in [5.41, 5.74) is 2.22. The number of benzene rings is 3. The molecule has 2 heterocycles. The highest BCUT2D eigenvalue weighted by molar-refractivity contribution is 5.79. The third-order valence-electron chi connectivity index (χ3n) is 4.56. The Hall–Kier alpha value is -4.66. The molecule has 0 unspecified atom stereocenters. The fourth-order valence-corrected chi connectivity index (χ4v) is 2.99. The highest BCUT2D eigenvalue weighted by Crippen LogP contribution is 2.29. The normalized spacial score (nSPS) is 10.7. The van der Waals surface area contributed by atoms with Crippen LogP contribution in [0.4, 0.5) is 23.0 Å². The number of rotatable bonds is 7. The van der Waals surface area contributed by atoms with E-state index in [9.17, 15) is 0 Å². The van der Waals surface area contributed by atoms with Gasteiger partial charge >= 0.3 is 0 Å². The summed E-state index contributed by atoms with van der Waals surface area (Å²) in [5.74, 6) is 3.20. The molecule has 0 aliphatic carbocycles. The van der Waals surface area contributed by atoms with Crippen LogP contribution in [0.3, 0.4) is 0 Å². The van der Waals surface area contributed by atoms with Crippen LogP contribution < -0.4 is 20.1 Å². The van der Waals surface area contributed by atoms with E-state index in [4.69, 9.17) is 14.1 Å². The van der Waals surface area contributed by atoms with Gasteiger partial charge in [0.15, 0.2) is 11.6 Å². The van der Waals surface area contributed by atoms with Crippen LogP contribution in [0.1, 0.15) is 0 Å². The zero-order valence-electron chi connectivity index (χ0n) is 17.0. The van der Waals surface area contributed by atoms with E-state index in [2.05, 4.69) is 30.9 Å². The number of para-hydroxylation sites is 1. The first-order chi connectivity index (χ1) is 15.8. The van der Waals surface area contributed by atoms with Crippen molar-refractivity contribution in [1.82, 2.24) is 20.3 Å². The van der Waals surface area contributed by atoms with Gasteiger partial charge in [-0.3, -0.25) is 0 Å². The Labute approximate surface area is 183 Å². The first kappa shape index (κ1) is 19.3. The van der Waals surface area contributed by atoms with Gasteiger partial charge < -0.3 is 20.1 Å². The Bertz CT molecular complexity index is 1320. The van der Waals surface area contributed by atoms with Crippen LogP contribution in [-0.4, -0.2) is 27.4 Å². The summed E-state index contributed by atoms with van der Waals surface area (Å²) in [6.45, 7) is 0. The lowest BCUT2D eigenvalue weighted by atomic mass is 10.3. The van der Waals surface area contributed by atoms with Gasteiger partial charge in [0.1, 0.15) is 17.2 Å². The molecule has 0 saturated heterocycles. The molecule has 0 aliphatic rings. The molecule has 0 radical (unpaired) electrons. The topological polar surface area (TPSA) is 107 Å². The predicted octanol–water partition coefficient (Wildman–Crippen LogP) is 5.30. The van der Waals surface area contributed by atoms with Crippen molar-refractivity contribution >= 4 is 34.3 Å². The van der Waals surface area contributed by atoms with Crippen molar-refractivity contribution in [2.75, 3.05) is 17.7 Å². The summed E-state index contributed by atoms with van der Waals surface area (Å²) in [7, 11) is 1.62. The van der Waals surface area contributed by atoms with E-state index >= 15 is 0 Å². The van der Waals surface area contributed by atoms with Crippen LogP contribution in [0.15, 0.2) is 83.5 Å². The monoisotopic (exact) mass is 426 g/mol. The van der Waals surface area contributed by atoms with Gasteiger partial charge in [0, 0.05) is 11.4 Å². The lowest BCUT2D eigenvalue weighted by molar-refractivity contribution is 0.314. The lowest BCUT2D eigenvalue weighted by Gasteiger charge is -2.12. The fraction of sp³-hybridized carbons (Fsp3) is 0.0435. The molecule has 9 heteroatoms. The van der Waals surface area contributed by atoms with Crippen LogP contribution in [0.25, 0.3) is 11.3 Å². The fourth-order valence-electron chi connectivity index (χ4n) is 2.99. The predicted molar refractivity (Wildman–Crippen MR) is 120 cm³/mol. The minimum Gasteiger partial charge on any atom is -0.497 e. The average molecular weight is 426 g/mol. The maximum absolute atomic E-state index is 5.84. The van der Waals surface area contributed by atoms with Gasteiger partial charge in [0.2, 0.25) is 11.3 Å². The number of ether oxygens (including phenoxy) is 2. The molecule has 9 nitrogen and oxygen atoms in total. The van der Waals surface area contributed by atoms with Crippen molar-refractivity contribution in [2.24, 2.45) is 0 Å². The highest BCUT2D eigenvalue weighted by atomic mass is 16.6. The minimum absolute atomic E-state index is 0.303. The number of hydrogen-bond acceptors (Lipinski definition) is 9. The molecule has 0 atom stereocenters. The van der Waals surface area contributed by atoms with Gasteiger partial charge in [0.05, 0.1) is 7.11 Å². The van der Waals surface area contributed by atoms with Crippen LogP contribution >= 0.6 is 0 Å². The molecular formula is C23H18N6O3. The summed E-state index contributed by atoms with van der Waals surface area (Å²) in [4.78, 5) is 8.97. The summed E-state index contributed by atoms with van der Waals surface area (Å²) in [6.07, 6.45) is 0. The highest BCUT2D eigenvalue weighted by Gasteiger charge is 2.14. The maximum Gasteiger partial charge on any atom is 0.245 e. The number of aromatic nitrogens is 4. The van der Waals surface area contributed by atoms with E-state index in [1.165, 1.54) is 0 Å². The molecule has 2 aromatic heterocycles. The first-order valence-electron chi connectivity index (χ1n) is 9.78. The van der Waals surface area contributed by atoms with Crippen molar-refractivity contribution in [1.29, 1.82) is 0 Å².